The van der Waals surface area contributed by atoms with E-state index in [1.807, 2.05) is 35.0 Å². The molecule has 32 heavy (non-hydrogen) atoms. The van der Waals surface area contributed by atoms with Crippen LogP contribution >= 0.6 is 0 Å². The third kappa shape index (κ3) is 3.13. The van der Waals surface area contributed by atoms with E-state index in [4.69, 9.17) is 10.1 Å². The molecule has 0 spiro atoms. The Kier molecular flexibility index (Phi) is 4.29. The van der Waals surface area contributed by atoms with Crippen molar-refractivity contribution in [1.82, 2.24) is 19.7 Å². The first-order chi connectivity index (χ1) is 15.8. The Morgan fingerprint density at radius 2 is 1.44 bits per heavy atom. The molecule has 0 radical (unpaired) electrons. The molecule has 0 unspecified atom stereocenters. The molecule has 0 N–H and O–H groups in total. The Morgan fingerprint density at radius 1 is 0.688 bits per heavy atom. The van der Waals surface area contributed by atoms with Crippen LogP contribution in [-0.2, 0) is 0 Å². The van der Waals surface area contributed by atoms with E-state index in [-0.39, 0.29) is 0 Å². The first kappa shape index (κ1) is 18.5. The number of hydrogen-bond acceptors (Lipinski definition) is 3. The maximum absolute atomic E-state index is 5.03. The van der Waals surface area contributed by atoms with Crippen molar-refractivity contribution in [2.24, 2.45) is 0 Å². The van der Waals surface area contributed by atoms with Crippen LogP contribution in [0.2, 0.25) is 0 Å². The van der Waals surface area contributed by atoms with Gasteiger partial charge in [0.25, 0.3) is 0 Å². The summed E-state index contributed by atoms with van der Waals surface area (Å²) in [4.78, 5) is 9.20. The number of aromatic nitrogens is 4. The number of nitrogens with zero attached hydrogens (tertiary/aromatic N) is 4. The highest BCUT2D eigenvalue weighted by atomic mass is 15.3. The maximum Gasteiger partial charge on any atom is 0.164 e. The van der Waals surface area contributed by atoms with Gasteiger partial charge in [0.2, 0.25) is 0 Å². The van der Waals surface area contributed by atoms with E-state index in [0.717, 1.165) is 38.9 Å². The molecule has 0 fully saturated rings. The SMILES string of the molecule is Cc1ccc(-c2ccc3nc4c(cc3c2)c(-c2ccncc2)nn4-c2ccccc2)cc1. The Bertz CT molecular complexity index is 1550. The van der Waals surface area contributed by atoms with Gasteiger partial charge in [-0.15, -0.1) is 0 Å². The first-order valence-corrected chi connectivity index (χ1v) is 10.6. The highest BCUT2D eigenvalue weighted by molar-refractivity contribution is 6.00. The zero-order valence-electron chi connectivity index (χ0n) is 17.6. The predicted molar refractivity (Wildman–Crippen MR) is 130 cm³/mol. The molecule has 0 bridgehead atoms. The van der Waals surface area contributed by atoms with Crippen molar-refractivity contribution < 1.29 is 0 Å². The molecule has 3 heterocycles. The molecule has 6 rings (SSSR count). The lowest BCUT2D eigenvalue weighted by Gasteiger charge is -2.06. The first-order valence-electron chi connectivity index (χ1n) is 10.6. The van der Waals surface area contributed by atoms with E-state index < -0.39 is 0 Å². The minimum absolute atomic E-state index is 0.846. The number of rotatable bonds is 3. The summed E-state index contributed by atoms with van der Waals surface area (Å²) in [6, 6.07) is 31.4. The normalized spacial score (nSPS) is 11.3. The van der Waals surface area contributed by atoms with Crippen LogP contribution in [0, 0.1) is 6.92 Å². The van der Waals surface area contributed by atoms with Crippen LogP contribution in [0.1, 0.15) is 5.56 Å². The van der Waals surface area contributed by atoms with Gasteiger partial charge in [0, 0.05) is 28.7 Å². The summed E-state index contributed by atoms with van der Waals surface area (Å²) in [7, 11) is 0. The molecule has 0 aliphatic rings. The number of aryl methyl sites for hydroxylation is 1. The van der Waals surface area contributed by atoms with E-state index in [9.17, 15) is 0 Å². The Labute approximate surface area is 185 Å². The largest absolute Gasteiger partial charge is 0.265 e. The van der Waals surface area contributed by atoms with Crippen molar-refractivity contribution in [2.75, 3.05) is 0 Å². The lowest BCUT2D eigenvalue weighted by Crippen LogP contribution is -1.97. The van der Waals surface area contributed by atoms with Crippen molar-refractivity contribution in [3.63, 3.8) is 0 Å². The average Bonchev–Trinajstić information content (AvgIpc) is 3.22. The molecule has 3 aromatic heterocycles. The quantitative estimate of drug-likeness (QED) is 0.328. The van der Waals surface area contributed by atoms with Crippen molar-refractivity contribution in [3.05, 3.63) is 109 Å². The molecule has 0 atom stereocenters. The second-order valence-corrected chi connectivity index (χ2v) is 7.96. The molecule has 4 nitrogen and oxygen atoms in total. The topological polar surface area (TPSA) is 43.6 Å². The molecule has 152 valence electrons. The van der Waals surface area contributed by atoms with Crippen LogP contribution in [-0.4, -0.2) is 19.7 Å². The zero-order valence-corrected chi connectivity index (χ0v) is 17.6. The van der Waals surface area contributed by atoms with Crippen molar-refractivity contribution in [1.29, 1.82) is 0 Å². The van der Waals surface area contributed by atoms with Crippen LogP contribution in [0.4, 0.5) is 0 Å². The Balaban J connectivity index is 1.61. The highest BCUT2D eigenvalue weighted by Gasteiger charge is 2.16. The molecule has 4 heteroatoms. The van der Waals surface area contributed by atoms with Crippen LogP contribution in [0.5, 0.6) is 0 Å². The van der Waals surface area contributed by atoms with Gasteiger partial charge < -0.3 is 0 Å². The van der Waals surface area contributed by atoms with Gasteiger partial charge in [0.15, 0.2) is 5.65 Å². The van der Waals surface area contributed by atoms with E-state index in [2.05, 4.69) is 72.6 Å². The minimum Gasteiger partial charge on any atom is -0.265 e. The maximum atomic E-state index is 5.03. The number of pyridine rings is 2. The molecule has 0 aliphatic heterocycles. The van der Waals surface area contributed by atoms with Gasteiger partial charge in [-0.3, -0.25) is 4.98 Å². The van der Waals surface area contributed by atoms with Gasteiger partial charge in [-0.1, -0.05) is 54.1 Å². The highest BCUT2D eigenvalue weighted by Crippen LogP contribution is 2.32. The summed E-state index contributed by atoms with van der Waals surface area (Å²) in [5.41, 5.74) is 8.35. The lowest BCUT2D eigenvalue weighted by atomic mass is 10.0. The van der Waals surface area contributed by atoms with Gasteiger partial charge in [0.1, 0.15) is 5.69 Å². The van der Waals surface area contributed by atoms with Crippen molar-refractivity contribution in [2.45, 2.75) is 6.92 Å². The summed E-state index contributed by atoms with van der Waals surface area (Å²) in [6.07, 6.45) is 3.60. The molecule has 3 aromatic carbocycles. The van der Waals surface area contributed by atoms with Gasteiger partial charge in [-0.05, 0) is 60.5 Å². The Hall–Kier alpha value is -4.31. The van der Waals surface area contributed by atoms with E-state index in [1.165, 1.54) is 16.7 Å². The fraction of sp³-hybridized carbons (Fsp3) is 0.0357. The monoisotopic (exact) mass is 412 g/mol. The Morgan fingerprint density at radius 3 is 2.22 bits per heavy atom. The van der Waals surface area contributed by atoms with Gasteiger partial charge in [-0.2, -0.15) is 5.10 Å². The second-order valence-electron chi connectivity index (χ2n) is 7.96. The number of benzene rings is 3. The fourth-order valence-electron chi connectivity index (χ4n) is 4.10. The zero-order chi connectivity index (χ0) is 21.5. The summed E-state index contributed by atoms with van der Waals surface area (Å²) >= 11 is 0. The third-order valence-electron chi connectivity index (χ3n) is 5.79. The molecular formula is C28H20N4. The fourth-order valence-corrected chi connectivity index (χ4v) is 4.10. The summed E-state index contributed by atoms with van der Waals surface area (Å²) < 4.78 is 1.93. The van der Waals surface area contributed by atoms with Crippen LogP contribution in [0.3, 0.4) is 0 Å². The minimum atomic E-state index is 0.846. The summed E-state index contributed by atoms with van der Waals surface area (Å²) in [6.45, 7) is 2.11. The average molecular weight is 412 g/mol. The van der Waals surface area contributed by atoms with E-state index in [1.54, 1.807) is 12.4 Å². The molecular weight excluding hydrogens is 392 g/mol. The number of hydrogen-bond donors (Lipinski definition) is 0. The van der Waals surface area contributed by atoms with Crippen LogP contribution < -0.4 is 0 Å². The van der Waals surface area contributed by atoms with Gasteiger partial charge >= 0.3 is 0 Å². The van der Waals surface area contributed by atoms with Crippen molar-refractivity contribution >= 4 is 21.9 Å². The molecule has 0 amide bonds. The van der Waals surface area contributed by atoms with Gasteiger partial charge in [0.05, 0.1) is 11.2 Å². The van der Waals surface area contributed by atoms with Crippen molar-refractivity contribution in [3.8, 4) is 28.1 Å². The smallest absolute Gasteiger partial charge is 0.164 e. The number of para-hydroxylation sites is 1. The lowest BCUT2D eigenvalue weighted by molar-refractivity contribution is 0.903. The molecule has 0 saturated heterocycles. The molecule has 0 saturated carbocycles. The van der Waals surface area contributed by atoms with E-state index in [0.29, 0.717) is 0 Å². The molecule has 0 aliphatic carbocycles. The van der Waals surface area contributed by atoms with Crippen LogP contribution in [0.15, 0.2) is 103 Å². The molecule has 6 aromatic rings. The van der Waals surface area contributed by atoms with Crippen LogP contribution in [0.25, 0.3) is 50.0 Å². The summed E-state index contributed by atoms with van der Waals surface area (Å²) in [5.74, 6) is 0. The number of fused-ring (bicyclic) bond motifs is 2. The summed E-state index contributed by atoms with van der Waals surface area (Å²) in [5, 5.41) is 7.09. The third-order valence-corrected chi connectivity index (χ3v) is 5.79. The standard InChI is InChI=1S/C28H20N4/c1-19-7-9-20(10-8-19)22-11-12-26-23(17-22)18-25-27(21-13-15-29-16-14-21)31-32(28(25)30-26)24-5-3-2-4-6-24/h2-18H,1H3. The van der Waals surface area contributed by atoms with E-state index >= 15 is 0 Å². The predicted octanol–water partition coefficient (Wildman–Crippen LogP) is 6.61. The van der Waals surface area contributed by atoms with Gasteiger partial charge in [-0.25, -0.2) is 9.67 Å². The second kappa shape index (κ2) is 7.43.